The fourth-order valence-electron chi connectivity index (χ4n) is 3.43. The Hall–Kier alpha value is -2.66. The first-order valence-electron chi connectivity index (χ1n) is 9.66. The van der Waals surface area contributed by atoms with Crippen LogP contribution in [0, 0.1) is 20.8 Å². The maximum absolute atomic E-state index is 12.5. The topological polar surface area (TPSA) is 56.9 Å². The van der Waals surface area contributed by atoms with E-state index in [0.717, 1.165) is 34.1 Å². The second-order valence-corrected chi connectivity index (χ2v) is 7.60. The van der Waals surface area contributed by atoms with E-state index < -0.39 is 0 Å². The van der Waals surface area contributed by atoms with Gasteiger partial charge in [0, 0.05) is 17.8 Å². The van der Waals surface area contributed by atoms with Crippen molar-refractivity contribution >= 4 is 33.9 Å². The van der Waals surface area contributed by atoms with Gasteiger partial charge in [0.25, 0.3) is 5.56 Å². The third-order valence-corrected chi connectivity index (χ3v) is 5.53. The van der Waals surface area contributed by atoms with Gasteiger partial charge in [0.15, 0.2) is 5.11 Å². The molecule has 0 aliphatic carbocycles. The van der Waals surface area contributed by atoms with Crippen LogP contribution < -0.4 is 16.2 Å². The van der Waals surface area contributed by atoms with Gasteiger partial charge in [0.2, 0.25) is 0 Å². The molecule has 0 aliphatic heterocycles. The summed E-state index contributed by atoms with van der Waals surface area (Å²) in [5.74, 6) is 0. The van der Waals surface area contributed by atoms with Crippen molar-refractivity contribution in [2.45, 2.75) is 40.5 Å². The Labute approximate surface area is 171 Å². The van der Waals surface area contributed by atoms with E-state index in [1.807, 2.05) is 13.0 Å². The molecule has 0 amide bonds. The highest BCUT2D eigenvalue weighted by Gasteiger charge is 2.08. The molecule has 0 unspecified atom stereocenters. The minimum atomic E-state index is -0.0333. The molecule has 5 heteroatoms. The molecule has 0 fully saturated rings. The number of rotatable bonds is 5. The van der Waals surface area contributed by atoms with Gasteiger partial charge in [0.05, 0.1) is 5.52 Å². The van der Waals surface area contributed by atoms with Gasteiger partial charge in [0.1, 0.15) is 0 Å². The summed E-state index contributed by atoms with van der Waals surface area (Å²) >= 11 is 5.45. The van der Waals surface area contributed by atoms with E-state index in [0.29, 0.717) is 18.1 Å². The average Bonchev–Trinajstić information content (AvgIpc) is 2.67. The molecule has 0 saturated carbocycles. The zero-order valence-electron chi connectivity index (χ0n) is 16.9. The van der Waals surface area contributed by atoms with Crippen LogP contribution in [0.2, 0.25) is 0 Å². The highest BCUT2D eigenvalue weighted by Crippen LogP contribution is 2.21. The number of thiocarbonyl (C=S) groups is 1. The molecule has 1 aromatic heterocycles. The van der Waals surface area contributed by atoms with Crippen LogP contribution in [0.15, 0.2) is 41.2 Å². The van der Waals surface area contributed by atoms with Crippen LogP contribution in [-0.4, -0.2) is 16.6 Å². The van der Waals surface area contributed by atoms with E-state index in [1.165, 1.54) is 16.7 Å². The third-order valence-electron chi connectivity index (χ3n) is 5.29. The average molecular weight is 394 g/mol. The first-order chi connectivity index (χ1) is 13.4. The number of hydrogen-bond donors (Lipinski definition) is 3. The number of aromatic nitrogens is 1. The number of benzene rings is 2. The first kappa shape index (κ1) is 20.1. The fraction of sp³-hybridized carbons (Fsp3) is 0.304. The van der Waals surface area contributed by atoms with E-state index in [4.69, 9.17) is 12.2 Å². The van der Waals surface area contributed by atoms with Crippen molar-refractivity contribution in [2.75, 3.05) is 11.9 Å². The molecule has 0 radical (unpaired) electrons. The van der Waals surface area contributed by atoms with Gasteiger partial charge < -0.3 is 15.6 Å². The lowest BCUT2D eigenvalue weighted by molar-refractivity contribution is 0.863. The molecule has 3 N–H and O–H groups in total. The van der Waals surface area contributed by atoms with Crippen LogP contribution in [-0.2, 0) is 12.8 Å². The van der Waals surface area contributed by atoms with Crippen LogP contribution in [0.4, 0.5) is 5.69 Å². The summed E-state index contributed by atoms with van der Waals surface area (Å²) in [7, 11) is 0. The van der Waals surface area contributed by atoms with Crippen molar-refractivity contribution < 1.29 is 0 Å². The quantitative estimate of drug-likeness (QED) is 0.557. The predicted molar refractivity (Wildman–Crippen MR) is 123 cm³/mol. The van der Waals surface area contributed by atoms with Crippen molar-refractivity contribution in [1.29, 1.82) is 0 Å². The Bertz CT molecular complexity index is 1090. The zero-order chi connectivity index (χ0) is 20.3. The number of nitrogens with one attached hydrogen (secondary N) is 3. The monoisotopic (exact) mass is 393 g/mol. The Balaban J connectivity index is 1.67. The van der Waals surface area contributed by atoms with Crippen molar-refractivity contribution in [3.8, 4) is 0 Å². The molecule has 2 aromatic carbocycles. The lowest BCUT2D eigenvalue weighted by atomic mass is 10.0. The fourth-order valence-corrected chi connectivity index (χ4v) is 3.63. The lowest BCUT2D eigenvalue weighted by Gasteiger charge is -2.16. The van der Waals surface area contributed by atoms with Crippen molar-refractivity contribution in [1.82, 2.24) is 10.3 Å². The molecule has 0 spiro atoms. The summed E-state index contributed by atoms with van der Waals surface area (Å²) in [5.41, 5.74) is 7.42. The molecule has 4 nitrogen and oxygen atoms in total. The first-order valence-corrected chi connectivity index (χ1v) is 10.1. The van der Waals surface area contributed by atoms with Gasteiger partial charge in [-0.25, -0.2) is 0 Å². The normalized spacial score (nSPS) is 10.9. The summed E-state index contributed by atoms with van der Waals surface area (Å²) in [5, 5.41) is 8.17. The van der Waals surface area contributed by atoms with Crippen molar-refractivity contribution in [3.63, 3.8) is 0 Å². The minimum absolute atomic E-state index is 0.0333. The third kappa shape index (κ3) is 4.25. The predicted octanol–water partition coefficient (Wildman–Crippen LogP) is 4.54. The molecular weight excluding hydrogens is 366 g/mol. The van der Waals surface area contributed by atoms with Gasteiger partial charge >= 0.3 is 0 Å². The summed E-state index contributed by atoms with van der Waals surface area (Å²) in [6.07, 6.45) is 1.55. The number of H-pyrrole nitrogens is 1. The van der Waals surface area contributed by atoms with Crippen LogP contribution in [0.5, 0.6) is 0 Å². The number of aromatic amines is 1. The zero-order valence-corrected chi connectivity index (χ0v) is 17.7. The standard InChI is InChI=1S/C23H27N3OS/c1-5-17-8-6-7-15(3)20(17)26-23(28)24-12-11-19-13-18-10-9-14(2)16(4)21(18)25-22(19)27/h6-10,13H,5,11-12H2,1-4H3,(H,25,27)(H2,24,26,28). The maximum Gasteiger partial charge on any atom is 0.251 e. The smallest absolute Gasteiger partial charge is 0.251 e. The highest BCUT2D eigenvalue weighted by atomic mass is 32.1. The van der Waals surface area contributed by atoms with Gasteiger partial charge in [-0.05, 0) is 79.5 Å². The summed E-state index contributed by atoms with van der Waals surface area (Å²) in [6.45, 7) is 8.89. The molecule has 146 valence electrons. The molecule has 0 atom stereocenters. The summed E-state index contributed by atoms with van der Waals surface area (Å²) in [6, 6.07) is 12.4. The molecule has 3 rings (SSSR count). The summed E-state index contributed by atoms with van der Waals surface area (Å²) in [4.78, 5) is 15.5. The maximum atomic E-state index is 12.5. The van der Waals surface area contributed by atoms with Crippen molar-refractivity contribution in [3.05, 3.63) is 74.6 Å². The Morgan fingerprint density at radius 3 is 2.61 bits per heavy atom. The van der Waals surface area contributed by atoms with E-state index in [-0.39, 0.29) is 5.56 Å². The van der Waals surface area contributed by atoms with E-state index in [9.17, 15) is 4.79 Å². The van der Waals surface area contributed by atoms with Crippen LogP contribution in [0.3, 0.4) is 0 Å². The number of hydrogen-bond acceptors (Lipinski definition) is 2. The Morgan fingerprint density at radius 2 is 1.86 bits per heavy atom. The lowest BCUT2D eigenvalue weighted by Crippen LogP contribution is -2.31. The molecule has 0 bridgehead atoms. The van der Waals surface area contributed by atoms with Crippen LogP contribution >= 0.6 is 12.2 Å². The minimum Gasteiger partial charge on any atom is -0.362 e. The molecular formula is C23H27N3OS. The second-order valence-electron chi connectivity index (χ2n) is 7.19. The second kappa shape index (κ2) is 8.57. The Kier molecular flexibility index (Phi) is 6.15. The molecule has 0 saturated heterocycles. The number of anilines is 1. The molecule has 28 heavy (non-hydrogen) atoms. The summed E-state index contributed by atoms with van der Waals surface area (Å²) < 4.78 is 0. The number of fused-ring (bicyclic) bond motifs is 1. The molecule has 1 heterocycles. The SMILES string of the molecule is CCc1cccc(C)c1NC(=S)NCCc1cc2ccc(C)c(C)c2[nH]c1=O. The van der Waals surface area contributed by atoms with Crippen molar-refractivity contribution in [2.24, 2.45) is 0 Å². The number of aryl methyl sites for hydroxylation is 4. The number of pyridine rings is 1. The van der Waals surface area contributed by atoms with Crippen LogP contribution in [0.25, 0.3) is 10.9 Å². The Morgan fingerprint density at radius 1 is 1.07 bits per heavy atom. The largest absolute Gasteiger partial charge is 0.362 e. The van der Waals surface area contributed by atoms with Gasteiger partial charge in [-0.15, -0.1) is 0 Å². The molecule has 0 aliphatic rings. The number of para-hydroxylation sites is 1. The van der Waals surface area contributed by atoms with Gasteiger partial charge in [-0.3, -0.25) is 4.79 Å². The highest BCUT2D eigenvalue weighted by molar-refractivity contribution is 7.80. The van der Waals surface area contributed by atoms with E-state index in [2.05, 4.69) is 66.7 Å². The van der Waals surface area contributed by atoms with Gasteiger partial charge in [-0.1, -0.05) is 37.3 Å². The van der Waals surface area contributed by atoms with E-state index in [1.54, 1.807) is 0 Å². The van der Waals surface area contributed by atoms with E-state index >= 15 is 0 Å². The van der Waals surface area contributed by atoms with Crippen LogP contribution in [0.1, 0.15) is 34.7 Å². The molecule has 3 aromatic rings. The van der Waals surface area contributed by atoms with Gasteiger partial charge in [-0.2, -0.15) is 0 Å².